The first-order valence-electron chi connectivity index (χ1n) is 16.5. The van der Waals surface area contributed by atoms with Gasteiger partial charge < -0.3 is 19.4 Å². The zero-order valence-corrected chi connectivity index (χ0v) is 30.6. The molecule has 0 unspecified atom stereocenters. The third-order valence-corrected chi connectivity index (χ3v) is 9.23. The molecular weight excluding hydrogens is 792 g/mol. The van der Waals surface area contributed by atoms with E-state index in [0.29, 0.717) is 0 Å². The molecule has 0 atom stereocenters. The second kappa shape index (κ2) is 13.9. The molecule has 0 spiro atoms. The molecule has 4 heterocycles. The van der Waals surface area contributed by atoms with Crippen LogP contribution in [-0.4, -0.2) is 16.7 Å². The summed E-state index contributed by atoms with van der Waals surface area (Å²) >= 11 is 0. The average Bonchev–Trinajstić information content (AvgIpc) is 3.12. The Bertz CT molecular complexity index is 2280. The van der Waals surface area contributed by atoms with Gasteiger partial charge in [-0.1, -0.05) is 65.7 Å². The maximum absolute atomic E-state index is 6.58. The Morgan fingerprint density at radius 2 is 1.34 bits per heavy atom. The van der Waals surface area contributed by atoms with Crippen molar-refractivity contribution in [2.24, 2.45) is 0 Å². The Kier molecular flexibility index (Phi) is 9.24. The predicted octanol–water partition coefficient (Wildman–Crippen LogP) is 8.72. The van der Waals surface area contributed by atoms with Crippen LogP contribution in [0.4, 0.5) is 0 Å². The van der Waals surface area contributed by atoms with Gasteiger partial charge in [-0.05, 0) is 91.1 Å². The number of pyridine rings is 2. The molecule has 2 aliphatic rings. The molecule has 2 aliphatic heterocycles. The van der Waals surface area contributed by atoms with E-state index in [0.717, 1.165) is 67.5 Å². The molecule has 245 valence electrons. The Balaban J connectivity index is 0.000000255. The fourth-order valence-electron chi connectivity index (χ4n) is 7.17. The Hall–Kier alpha value is -5.29. The van der Waals surface area contributed by atoms with Gasteiger partial charge in [-0.15, -0.1) is 59.6 Å². The predicted molar refractivity (Wildman–Crippen MR) is 199 cm³/mol. The second-order valence-corrected chi connectivity index (χ2v) is 12.6. The summed E-state index contributed by atoms with van der Waals surface area (Å²) < 4.78 is 12.8. The number of benzene rings is 5. The third-order valence-electron chi connectivity index (χ3n) is 9.23. The van der Waals surface area contributed by atoms with Crippen LogP contribution in [-0.2, 0) is 20.1 Å². The summed E-state index contributed by atoms with van der Waals surface area (Å²) in [4.78, 5) is 9.16. The zero-order valence-electron chi connectivity index (χ0n) is 28.2. The summed E-state index contributed by atoms with van der Waals surface area (Å²) in [6, 6.07) is 45.3. The van der Waals surface area contributed by atoms with Gasteiger partial charge in [0, 0.05) is 49.3 Å². The summed E-state index contributed by atoms with van der Waals surface area (Å²) in [5.74, 6) is 3.38. The largest absolute Gasteiger partial charge is 0.503 e. The molecule has 50 heavy (non-hydrogen) atoms. The minimum Gasteiger partial charge on any atom is -0.503 e. The molecule has 9 rings (SSSR count). The van der Waals surface area contributed by atoms with E-state index in [4.69, 9.17) is 14.5 Å². The Morgan fingerprint density at radius 1 is 0.600 bits per heavy atom. The van der Waals surface area contributed by atoms with E-state index < -0.39 is 0 Å². The van der Waals surface area contributed by atoms with E-state index in [1.54, 1.807) is 6.20 Å². The number of aryl methyl sites for hydroxylation is 4. The van der Waals surface area contributed by atoms with Crippen molar-refractivity contribution in [3.8, 4) is 56.6 Å². The number of aromatic nitrogens is 2. The summed E-state index contributed by atoms with van der Waals surface area (Å²) in [6.45, 7) is 8.69. The van der Waals surface area contributed by atoms with Crippen LogP contribution in [0.5, 0.6) is 23.0 Å². The first-order chi connectivity index (χ1) is 24.0. The van der Waals surface area contributed by atoms with Crippen molar-refractivity contribution < 1.29 is 29.6 Å². The van der Waals surface area contributed by atoms with Crippen LogP contribution in [0.1, 0.15) is 22.3 Å². The van der Waals surface area contributed by atoms with Crippen molar-refractivity contribution in [2.75, 3.05) is 0 Å². The van der Waals surface area contributed by atoms with Crippen LogP contribution in [0.15, 0.2) is 128 Å². The first kappa shape index (κ1) is 33.2. The molecule has 4 nitrogen and oxygen atoms in total. The number of fused-ring (bicyclic) bond motifs is 4. The summed E-state index contributed by atoms with van der Waals surface area (Å²) in [5, 5.41) is 0. The fourth-order valence-corrected chi connectivity index (χ4v) is 7.17. The number of para-hydroxylation sites is 1. The van der Waals surface area contributed by atoms with Crippen molar-refractivity contribution in [1.29, 1.82) is 0 Å². The SMILES string of the molecule is Cc1cc(C)c(-c2cnc(-c3[c-]ccc4c3Oc3cccc5c3B4c3ccccc3O5)cc2C)c(C)c1.[Ir].[c-]1ccccc1-c1ccccn1. The smallest absolute Gasteiger partial charge is 0.241 e. The van der Waals surface area contributed by atoms with E-state index >= 15 is 0 Å². The minimum atomic E-state index is 0. The molecule has 0 saturated carbocycles. The Morgan fingerprint density at radius 3 is 2.08 bits per heavy atom. The molecule has 0 amide bonds. The van der Waals surface area contributed by atoms with Crippen molar-refractivity contribution in [1.82, 2.24) is 9.97 Å². The van der Waals surface area contributed by atoms with E-state index in [1.165, 1.54) is 27.8 Å². The molecular formula is C44H33BIrN2O2-2. The van der Waals surface area contributed by atoms with Crippen molar-refractivity contribution in [3.05, 3.63) is 162 Å². The van der Waals surface area contributed by atoms with Gasteiger partial charge in [-0.2, -0.15) is 0 Å². The van der Waals surface area contributed by atoms with Crippen LogP contribution in [0.25, 0.3) is 33.6 Å². The second-order valence-electron chi connectivity index (χ2n) is 12.6. The molecule has 0 N–H and O–H groups in total. The van der Waals surface area contributed by atoms with E-state index in [1.807, 2.05) is 85.1 Å². The van der Waals surface area contributed by atoms with Gasteiger partial charge in [-0.3, -0.25) is 0 Å². The van der Waals surface area contributed by atoms with Gasteiger partial charge in [0.1, 0.15) is 17.2 Å². The molecule has 5 aromatic carbocycles. The quantitative estimate of drug-likeness (QED) is 0.132. The molecule has 6 heteroatoms. The standard InChI is InChI=1S/C33H25BNO2.C11H8N.Ir/c1-19-15-21(3)31(22(4)16-19)24-18-35-27(17-20(24)2)23-9-7-11-26-33(23)37-30-14-8-13-29-32(30)34(26)25-10-5-6-12-28(25)36-29;1-2-6-10(7-3-1)11-8-4-5-9-12-11;/h5-8,10-18H,1-4H3;1-6,8-9H;/q2*-1;. The summed E-state index contributed by atoms with van der Waals surface area (Å²) in [5.41, 5.74) is 14.5. The van der Waals surface area contributed by atoms with Gasteiger partial charge in [0.2, 0.25) is 6.71 Å². The van der Waals surface area contributed by atoms with Crippen molar-refractivity contribution >= 4 is 23.1 Å². The summed E-state index contributed by atoms with van der Waals surface area (Å²) in [7, 11) is 0. The third kappa shape index (κ3) is 6.06. The van der Waals surface area contributed by atoms with Gasteiger partial charge in [0.05, 0.1) is 0 Å². The molecule has 0 fully saturated rings. The van der Waals surface area contributed by atoms with Gasteiger partial charge >= 0.3 is 0 Å². The van der Waals surface area contributed by atoms with E-state index in [2.05, 4.69) is 81.2 Å². The molecule has 7 aromatic rings. The topological polar surface area (TPSA) is 44.2 Å². The maximum atomic E-state index is 6.58. The monoisotopic (exact) mass is 825 g/mol. The number of nitrogens with zero attached hydrogens (tertiary/aromatic N) is 2. The van der Waals surface area contributed by atoms with Crippen LogP contribution in [0.2, 0.25) is 0 Å². The summed E-state index contributed by atoms with van der Waals surface area (Å²) in [6.07, 6.45) is 3.79. The van der Waals surface area contributed by atoms with Crippen LogP contribution >= 0.6 is 0 Å². The number of ether oxygens (including phenoxy) is 2. The molecule has 1 radical (unpaired) electrons. The van der Waals surface area contributed by atoms with Gasteiger partial charge in [-0.25, -0.2) is 0 Å². The minimum absolute atomic E-state index is 0. The number of hydrogen-bond donors (Lipinski definition) is 0. The van der Waals surface area contributed by atoms with E-state index in [-0.39, 0.29) is 26.8 Å². The first-order valence-corrected chi connectivity index (χ1v) is 16.5. The van der Waals surface area contributed by atoms with Crippen LogP contribution in [0.3, 0.4) is 0 Å². The molecule has 2 aromatic heterocycles. The fraction of sp³-hybridized carbons (Fsp3) is 0.0909. The average molecular weight is 825 g/mol. The maximum Gasteiger partial charge on any atom is 0.241 e. The van der Waals surface area contributed by atoms with Crippen LogP contribution < -0.4 is 25.9 Å². The van der Waals surface area contributed by atoms with Crippen molar-refractivity contribution in [3.63, 3.8) is 0 Å². The van der Waals surface area contributed by atoms with Crippen LogP contribution in [0, 0.1) is 39.8 Å². The number of hydrogen-bond acceptors (Lipinski definition) is 4. The molecule has 0 saturated heterocycles. The van der Waals surface area contributed by atoms with Gasteiger partial charge in [0.25, 0.3) is 0 Å². The van der Waals surface area contributed by atoms with Crippen molar-refractivity contribution in [2.45, 2.75) is 27.7 Å². The molecule has 0 aliphatic carbocycles. The normalized spacial score (nSPS) is 11.7. The number of rotatable bonds is 3. The zero-order chi connectivity index (χ0) is 33.5. The van der Waals surface area contributed by atoms with Gasteiger partial charge in [0.15, 0.2) is 0 Å². The Labute approximate surface area is 307 Å². The molecule has 0 bridgehead atoms. The van der Waals surface area contributed by atoms with E-state index in [9.17, 15) is 0 Å².